The van der Waals surface area contributed by atoms with Gasteiger partial charge in [0.1, 0.15) is 11.4 Å². The molecule has 5 aromatic rings. The minimum atomic E-state index is -0.284. The highest BCUT2D eigenvalue weighted by Crippen LogP contribution is 2.25. The molecule has 0 radical (unpaired) electrons. The summed E-state index contributed by atoms with van der Waals surface area (Å²) in [5, 5.41) is 9.08. The second-order valence-electron chi connectivity index (χ2n) is 9.28. The first-order valence-electron chi connectivity index (χ1n) is 13.0. The molecule has 39 heavy (non-hydrogen) atoms. The smallest absolute Gasteiger partial charge is 0.271 e. The summed E-state index contributed by atoms with van der Waals surface area (Å²) in [5.74, 6) is 0.534. The predicted octanol–water partition coefficient (Wildman–Crippen LogP) is 6.50. The van der Waals surface area contributed by atoms with Gasteiger partial charge in [-0.05, 0) is 93.1 Å². The van der Waals surface area contributed by atoms with E-state index in [4.69, 9.17) is 9.84 Å². The molecule has 1 N–H and O–H groups in total. The topological polar surface area (TPSA) is 73.4 Å². The number of carbonyl (C=O) groups excluding carboxylic acids is 1. The molecule has 3 aromatic carbocycles. The van der Waals surface area contributed by atoms with E-state index in [1.54, 1.807) is 18.3 Å². The first-order chi connectivity index (χ1) is 19.0. The number of nitrogens with one attached hydrogen (secondary N) is 1. The Morgan fingerprint density at radius 2 is 1.59 bits per heavy atom. The van der Waals surface area contributed by atoms with Crippen LogP contribution in [-0.4, -0.2) is 33.1 Å². The third-order valence-corrected chi connectivity index (χ3v) is 6.39. The summed E-state index contributed by atoms with van der Waals surface area (Å²) in [4.78, 5) is 12.8. The summed E-state index contributed by atoms with van der Waals surface area (Å²) in [6.07, 6.45) is 4.48. The van der Waals surface area contributed by atoms with E-state index in [0.717, 1.165) is 51.8 Å². The minimum absolute atomic E-state index is 0.284. The molecule has 0 saturated heterocycles. The van der Waals surface area contributed by atoms with E-state index >= 15 is 0 Å². The zero-order valence-corrected chi connectivity index (χ0v) is 22.3. The van der Waals surface area contributed by atoms with Crippen LogP contribution in [0.3, 0.4) is 0 Å². The van der Waals surface area contributed by atoms with Crippen LogP contribution >= 0.6 is 0 Å². The Bertz CT molecular complexity index is 1560. The maximum absolute atomic E-state index is 12.8. The minimum Gasteiger partial charge on any atom is -0.494 e. The van der Waals surface area contributed by atoms with Crippen molar-refractivity contribution in [1.82, 2.24) is 19.8 Å². The lowest BCUT2D eigenvalue weighted by Gasteiger charge is -2.10. The quantitative estimate of drug-likeness (QED) is 0.179. The van der Waals surface area contributed by atoms with Gasteiger partial charge in [0.05, 0.1) is 18.5 Å². The maximum atomic E-state index is 12.8. The number of hydrogen-bond donors (Lipinski definition) is 1. The summed E-state index contributed by atoms with van der Waals surface area (Å²) >= 11 is 0. The lowest BCUT2D eigenvalue weighted by atomic mass is 10.1. The van der Waals surface area contributed by atoms with E-state index in [-0.39, 0.29) is 5.91 Å². The van der Waals surface area contributed by atoms with Crippen LogP contribution in [0.4, 0.5) is 0 Å². The van der Waals surface area contributed by atoms with Gasteiger partial charge in [0.15, 0.2) is 0 Å². The number of nitrogens with zero attached hydrogens (tertiary/aromatic N) is 4. The highest BCUT2D eigenvalue weighted by atomic mass is 16.5. The SMILES string of the molecule is CCCOc1ccc(-c2nn(-c3ccccc3)cc2C=NNC(=O)c2ccc(-n3c(C)ccc3C)cc2)cc1. The fourth-order valence-corrected chi connectivity index (χ4v) is 4.41. The second-order valence-corrected chi connectivity index (χ2v) is 9.28. The van der Waals surface area contributed by atoms with Gasteiger partial charge in [-0.2, -0.15) is 10.2 Å². The van der Waals surface area contributed by atoms with Gasteiger partial charge in [0.25, 0.3) is 5.91 Å². The summed E-state index contributed by atoms with van der Waals surface area (Å²) in [6, 6.07) is 29.4. The molecule has 196 valence electrons. The van der Waals surface area contributed by atoms with Crippen molar-refractivity contribution in [3.05, 3.63) is 120 Å². The number of aromatic nitrogens is 3. The molecule has 1 amide bonds. The predicted molar refractivity (Wildman–Crippen MR) is 155 cm³/mol. The van der Waals surface area contributed by atoms with Gasteiger partial charge >= 0.3 is 0 Å². The van der Waals surface area contributed by atoms with Crippen LogP contribution in [0.5, 0.6) is 5.75 Å². The number of aryl methyl sites for hydroxylation is 2. The molecule has 0 atom stereocenters. The Labute approximate surface area is 228 Å². The lowest BCUT2D eigenvalue weighted by molar-refractivity contribution is 0.0955. The molecule has 2 heterocycles. The van der Waals surface area contributed by atoms with Crippen molar-refractivity contribution in [2.45, 2.75) is 27.2 Å². The Morgan fingerprint density at radius 3 is 2.26 bits per heavy atom. The molecule has 7 heteroatoms. The lowest BCUT2D eigenvalue weighted by Crippen LogP contribution is -2.17. The van der Waals surface area contributed by atoms with Crippen LogP contribution < -0.4 is 10.2 Å². The van der Waals surface area contributed by atoms with Crippen molar-refractivity contribution < 1.29 is 9.53 Å². The molecule has 0 fully saturated rings. The third-order valence-electron chi connectivity index (χ3n) is 6.39. The zero-order valence-electron chi connectivity index (χ0n) is 22.3. The van der Waals surface area contributed by atoms with Crippen LogP contribution in [-0.2, 0) is 0 Å². The Kier molecular flexibility index (Phi) is 7.68. The van der Waals surface area contributed by atoms with E-state index in [0.29, 0.717) is 12.2 Å². The normalized spacial score (nSPS) is 11.2. The number of amides is 1. The first kappa shape index (κ1) is 25.7. The number of rotatable bonds is 9. The fraction of sp³-hybridized carbons (Fsp3) is 0.156. The highest BCUT2D eigenvalue weighted by Gasteiger charge is 2.12. The van der Waals surface area contributed by atoms with E-state index in [1.807, 2.05) is 77.6 Å². The number of carbonyl (C=O) groups is 1. The number of hydrazone groups is 1. The van der Waals surface area contributed by atoms with Gasteiger partial charge in [-0.1, -0.05) is 25.1 Å². The van der Waals surface area contributed by atoms with Crippen LogP contribution in [0.15, 0.2) is 102 Å². The monoisotopic (exact) mass is 517 g/mol. The molecule has 0 saturated carbocycles. The van der Waals surface area contributed by atoms with Gasteiger partial charge in [-0.3, -0.25) is 4.79 Å². The van der Waals surface area contributed by atoms with Gasteiger partial charge in [-0.15, -0.1) is 0 Å². The largest absolute Gasteiger partial charge is 0.494 e. The average Bonchev–Trinajstić information content (AvgIpc) is 3.55. The second kappa shape index (κ2) is 11.6. The maximum Gasteiger partial charge on any atom is 0.271 e. The van der Waals surface area contributed by atoms with Crippen molar-refractivity contribution in [2.24, 2.45) is 5.10 Å². The van der Waals surface area contributed by atoms with Gasteiger partial charge in [0.2, 0.25) is 0 Å². The number of para-hydroxylation sites is 1. The van der Waals surface area contributed by atoms with Crippen molar-refractivity contribution >= 4 is 12.1 Å². The molecular weight excluding hydrogens is 486 g/mol. The Balaban J connectivity index is 1.36. The van der Waals surface area contributed by atoms with Crippen LogP contribution in [0.25, 0.3) is 22.6 Å². The van der Waals surface area contributed by atoms with E-state index < -0.39 is 0 Å². The molecule has 2 aromatic heterocycles. The van der Waals surface area contributed by atoms with Crippen molar-refractivity contribution in [1.29, 1.82) is 0 Å². The van der Waals surface area contributed by atoms with Crippen LogP contribution in [0.1, 0.15) is 40.7 Å². The van der Waals surface area contributed by atoms with Crippen LogP contribution in [0.2, 0.25) is 0 Å². The molecule has 0 unspecified atom stereocenters. The molecule has 0 bridgehead atoms. The molecule has 7 nitrogen and oxygen atoms in total. The molecule has 5 rings (SSSR count). The summed E-state index contributed by atoms with van der Waals surface area (Å²) in [7, 11) is 0. The number of ether oxygens (including phenoxy) is 1. The molecule has 0 spiro atoms. The standard InChI is InChI=1S/C32H31N5O2/c1-4-20-39-30-18-14-25(15-19-30)31-27(22-36(35-31)28-8-6-5-7-9-28)21-33-34-32(38)26-12-16-29(17-13-26)37-23(2)10-11-24(37)3/h5-19,21-22H,4,20H2,1-3H3,(H,34,38). The Morgan fingerprint density at radius 1 is 0.897 bits per heavy atom. The molecule has 0 aliphatic rings. The summed E-state index contributed by atoms with van der Waals surface area (Å²) < 4.78 is 9.68. The Hall–Kier alpha value is -4.91. The van der Waals surface area contributed by atoms with E-state index in [9.17, 15) is 4.79 Å². The summed E-state index contributed by atoms with van der Waals surface area (Å²) in [6.45, 7) is 6.87. The van der Waals surface area contributed by atoms with E-state index in [2.05, 4.69) is 48.0 Å². The first-order valence-corrected chi connectivity index (χ1v) is 13.0. The van der Waals surface area contributed by atoms with Gasteiger partial charge in [0, 0.05) is 40.0 Å². The molecule has 0 aliphatic heterocycles. The molecular formula is C32H31N5O2. The summed E-state index contributed by atoms with van der Waals surface area (Å²) in [5.41, 5.74) is 9.86. The van der Waals surface area contributed by atoms with Crippen LogP contribution in [0, 0.1) is 13.8 Å². The van der Waals surface area contributed by atoms with Crippen molar-refractivity contribution in [3.63, 3.8) is 0 Å². The molecule has 0 aliphatic carbocycles. The third kappa shape index (κ3) is 5.83. The zero-order chi connectivity index (χ0) is 27.2. The average molecular weight is 518 g/mol. The van der Waals surface area contributed by atoms with Gasteiger partial charge < -0.3 is 9.30 Å². The number of benzene rings is 3. The highest BCUT2D eigenvalue weighted by molar-refractivity contribution is 5.95. The van der Waals surface area contributed by atoms with E-state index in [1.165, 1.54) is 0 Å². The van der Waals surface area contributed by atoms with Crippen molar-refractivity contribution in [3.8, 4) is 28.4 Å². The van der Waals surface area contributed by atoms with Crippen molar-refractivity contribution in [2.75, 3.05) is 6.61 Å². The van der Waals surface area contributed by atoms with Gasteiger partial charge in [-0.25, -0.2) is 10.1 Å². The fourth-order valence-electron chi connectivity index (χ4n) is 4.41. The number of hydrogen-bond acceptors (Lipinski definition) is 4.